The van der Waals surface area contributed by atoms with Crippen LogP contribution in [0.4, 0.5) is 28.4 Å². The number of hydrogen-bond donors (Lipinski definition) is 0. The zero-order chi connectivity index (χ0) is 36.6. The molecule has 2 heteroatoms. The highest BCUT2D eigenvalue weighted by atomic mass is 15.1. The first-order valence-corrected chi connectivity index (χ1v) is 18.7. The number of nitrogens with zero attached hydrogens (tertiary/aromatic N) is 2. The highest BCUT2D eigenvalue weighted by Gasteiger charge is 2.35. The van der Waals surface area contributed by atoms with Gasteiger partial charge in [0.05, 0.1) is 0 Å². The Morgan fingerprint density at radius 2 is 0.667 bits per heavy atom. The summed E-state index contributed by atoms with van der Waals surface area (Å²) in [7, 11) is 2.16. The van der Waals surface area contributed by atoms with Crippen molar-refractivity contribution in [2.45, 2.75) is 19.3 Å². The van der Waals surface area contributed by atoms with E-state index >= 15 is 0 Å². The molecule has 9 rings (SSSR count). The van der Waals surface area contributed by atoms with E-state index in [0.717, 1.165) is 22.7 Å². The summed E-state index contributed by atoms with van der Waals surface area (Å²) in [6.45, 7) is 4.67. The van der Waals surface area contributed by atoms with Crippen molar-refractivity contribution < 1.29 is 0 Å². The standard InChI is InChI=1S/C52H42N2/c1-52(2)50-17-11-10-16-48(50)49-35-34-47(36-51(49)52)53(3)43-26-18-41(19-27-43)42-24-32-46(33-25-42)54(44-28-20-39(21-29-44)37-12-6-4-7-13-37)45-30-22-40(23-31-45)38-14-8-5-9-15-38/h4-36H,1-3H3. The van der Waals surface area contributed by atoms with E-state index in [-0.39, 0.29) is 5.41 Å². The van der Waals surface area contributed by atoms with Gasteiger partial charge < -0.3 is 9.80 Å². The van der Waals surface area contributed by atoms with Crippen LogP contribution in [0.2, 0.25) is 0 Å². The van der Waals surface area contributed by atoms with E-state index in [4.69, 9.17) is 0 Å². The second-order valence-electron chi connectivity index (χ2n) is 14.7. The zero-order valence-electron chi connectivity index (χ0n) is 30.9. The van der Waals surface area contributed by atoms with Crippen molar-refractivity contribution in [3.05, 3.63) is 211 Å². The van der Waals surface area contributed by atoms with Crippen LogP contribution < -0.4 is 9.80 Å². The van der Waals surface area contributed by atoms with Crippen LogP contribution in [0.25, 0.3) is 44.5 Å². The molecule has 0 fully saturated rings. The highest BCUT2D eigenvalue weighted by molar-refractivity contribution is 5.84. The summed E-state index contributed by atoms with van der Waals surface area (Å²) in [6.07, 6.45) is 0. The summed E-state index contributed by atoms with van der Waals surface area (Å²) >= 11 is 0. The highest BCUT2D eigenvalue weighted by Crippen LogP contribution is 2.50. The Balaban J connectivity index is 0.988. The molecule has 0 aromatic heterocycles. The number of benzene rings is 8. The Morgan fingerprint density at radius 3 is 1.13 bits per heavy atom. The zero-order valence-corrected chi connectivity index (χ0v) is 30.9. The van der Waals surface area contributed by atoms with Crippen LogP contribution in [0.1, 0.15) is 25.0 Å². The minimum atomic E-state index is -0.0222. The summed E-state index contributed by atoms with van der Waals surface area (Å²) in [5, 5.41) is 0. The van der Waals surface area contributed by atoms with Gasteiger partial charge in [-0.15, -0.1) is 0 Å². The van der Waals surface area contributed by atoms with Gasteiger partial charge in [-0.1, -0.05) is 153 Å². The third-order valence-electron chi connectivity index (χ3n) is 11.1. The summed E-state index contributed by atoms with van der Waals surface area (Å²) in [5.41, 5.74) is 18.4. The number of fused-ring (bicyclic) bond motifs is 3. The van der Waals surface area contributed by atoms with Crippen LogP contribution in [0.15, 0.2) is 200 Å². The predicted molar refractivity (Wildman–Crippen MR) is 230 cm³/mol. The van der Waals surface area contributed by atoms with E-state index in [0.29, 0.717) is 0 Å². The lowest BCUT2D eigenvalue weighted by molar-refractivity contribution is 0.660. The minimum Gasteiger partial charge on any atom is -0.345 e. The molecule has 8 aromatic rings. The molecule has 260 valence electrons. The molecule has 0 aliphatic heterocycles. The van der Waals surface area contributed by atoms with Crippen LogP contribution in [0.3, 0.4) is 0 Å². The maximum absolute atomic E-state index is 2.37. The molecule has 0 saturated heterocycles. The number of anilines is 5. The first-order chi connectivity index (χ1) is 26.4. The Hall–Kier alpha value is -6.64. The lowest BCUT2D eigenvalue weighted by atomic mass is 9.82. The summed E-state index contributed by atoms with van der Waals surface area (Å²) in [5.74, 6) is 0. The molecule has 0 radical (unpaired) electrons. The molecule has 0 spiro atoms. The minimum absolute atomic E-state index is 0.0222. The second-order valence-corrected chi connectivity index (χ2v) is 14.7. The first-order valence-electron chi connectivity index (χ1n) is 18.7. The molecule has 1 aliphatic carbocycles. The lowest BCUT2D eigenvalue weighted by Gasteiger charge is -2.26. The third-order valence-corrected chi connectivity index (χ3v) is 11.1. The molecule has 0 saturated carbocycles. The third kappa shape index (κ3) is 6.06. The molecule has 2 nitrogen and oxygen atoms in total. The Kier molecular flexibility index (Phi) is 8.44. The van der Waals surface area contributed by atoms with E-state index in [9.17, 15) is 0 Å². The number of rotatable bonds is 8. The molecule has 0 N–H and O–H groups in total. The monoisotopic (exact) mass is 694 g/mol. The molecule has 0 bridgehead atoms. The van der Waals surface area contributed by atoms with E-state index in [1.54, 1.807) is 0 Å². The SMILES string of the molecule is CN(c1ccc(-c2ccc(N(c3ccc(-c4ccccc4)cc3)c3ccc(-c4ccccc4)cc3)cc2)cc1)c1ccc2c(c1)C(C)(C)c1ccccc1-2. The summed E-state index contributed by atoms with van der Waals surface area (Å²) < 4.78 is 0. The molecular weight excluding hydrogens is 653 g/mol. The molecule has 0 amide bonds. The molecular formula is C52H42N2. The van der Waals surface area contributed by atoms with E-state index in [1.165, 1.54) is 61.3 Å². The average Bonchev–Trinajstić information content (AvgIpc) is 3.47. The first kappa shape index (κ1) is 33.2. The van der Waals surface area contributed by atoms with E-state index in [1.807, 2.05) is 0 Å². The van der Waals surface area contributed by atoms with Crippen molar-refractivity contribution in [2.75, 3.05) is 16.8 Å². The van der Waals surface area contributed by atoms with Gasteiger partial charge in [-0.05, 0) is 116 Å². The fraction of sp³-hybridized carbons (Fsp3) is 0.0769. The Labute approximate surface area is 319 Å². The van der Waals surface area contributed by atoms with E-state index < -0.39 is 0 Å². The quantitative estimate of drug-likeness (QED) is 0.156. The average molecular weight is 695 g/mol. The van der Waals surface area contributed by atoms with Gasteiger partial charge in [0, 0.05) is 40.9 Å². The van der Waals surface area contributed by atoms with Crippen LogP contribution in [0, 0.1) is 0 Å². The Bertz CT molecular complexity index is 2450. The topological polar surface area (TPSA) is 6.48 Å². The van der Waals surface area contributed by atoms with Gasteiger partial charge >= 0.3 is 0 Å². The van der Waals surface area contributed by atoms with Gasteiger partial charge in [-0.3, -0.25) is 0 Å². The van der Waals surface area contributed by atoms with Crippen LogP contribution in [-0.4, -0.2) is 7.05 Å². The molecule has 0 atom stereocenters. The van der Waals surface area contributed by atoms with Gasteiger partial charge in [0.2, 0.25) is 0 Å². The molecule has 54 heavy (non-hydrogen) atoms. The lowest BCUT2D eigenvalue weighted by Crippen LogP contribution is -2.16. The fourth-order valence-electron chi connectivity index (χ4n) is 8.04. The smallest absolute Gasteiger partial charge is 0.0462 e. The molecule has 0 heterocycles. The maximum atomic E-state index is 2.37. The van der Waals surface area contributed by atoms with Gasteiger partial charge in [-0.25, -0.2) is 0 Å². The second kappa shape index (κ2) is 13.7. The van der Waals surface area contributed by atoms with E-state index in [2.05, 4.69) is 231 Å². The van der Waals surface area contributed by atoms with Crippen molar-refractivity contribution in [3.8, 4) is 44.5 Å². The normalized spacial score (nSPS) is 12.5. The Morgan fingerprint density at radius 1 is 0.315 bits per heavy atom. The summed E-state index contributed by atoms with van der Waals surface area (Å²) in [6, 6.07) is 72.4. The maximum Gasteiger partial charge on any atom is 0.0462 e. The number of hydrogen-bond acceptors (Lipinski definition) is 2. The van der Waals surface area contributed by atoms with Crippen molar-refractivity contribution in [2.24, 2.45) is 0 Å². The van der Waals surface area contributed by atoms with Gasteiger partial charge in [0.25, 0.3) is 0 Å². The molecule has 0 unspecified atom stereocenters. The van der Waals surface area contributed by atoms with Crippen molar-refractivity contribution in [1.82, 2.24) is 0 Å². The van der Waals surface area contributed by atoms with Crippen LogP contribution in [0.5, 0.6) is 0 Å². The summed E-state index contributed by atoms with van der Waals surface area (Å²) in [4.78, 5) is 4.62. The van der Waals surface area contributed by atoms with Crippen molar-refractivity contribution >= 4 is 28.4 Å². The van der Waals surface area contributed by atoms with Crippen LogP contribution >= 0.6 is 0 Å². The van der Waals surface area contributed by atoms with Gasteiger partial charge in [-0.2, -0.15) is 0 Å². The molecule has 8 aromatic carbocycles. The predicted octanol–water partition coefficient (Wildman–Crippen LogP) is 14.2. The van der Waals surface area contributed by atoms with Crippen LogP contribution in [-0.2, 0) is 5.41 Å². The van der Waals surface area contributed by atoms with Crippen molar-refractivity contribution in [1.29, 1.82) is 0 Å². The van der Waals surface area contributed by atoms with Gasteiger partial charge in [0.15, 0.2) is 0 Å². The fourth-order valence-corrected chi connectivity index (χ4v) is 8.04. The van der Waals surface area contributed by atoms with Gasteiger partial charge in [0.1, 0.15) is 0 Å². The largest absolute Gasteiger partial charge is 0.345 e. The molecule has 1 aliphatic rings. The van der Waals surface area contributed by atoms with Crippen molar-refractivity contribution in [3.63, 3.8) is 0 Å².